The third-order valence-electron chi connectivity index (χ3n) is 5.51. The molecule has 4 rings (SSSR count). The maximum absolute atomic E-state index is 6.02. The number of fused-ring (bicyclic) bond motifs is 1. The molecule has 160 valence electrons. The average molecular weight is 409 g/mol. The number of nitrogens with one attached hydrogen (secondary N) is 2. The fourth-order valence-corrected chi connectivity index (χ4v) is 3.86. The third-order valence-corrected chi connectivity index (χ3v) is 5.51. The predicted molar refractivity (Wildman–Crippen MR) is 120 cm³/mol. The molecule has 6 heteroatoms. The molecule has 0 amide bonds. The van der Waals surface area contributed by atoms with Gasteiger partial charge in [-0.05, 0) is 29.7 Å². The summed E-state index contributed by atoms with van der Waals surface area (Å²) in [6.45, 7) is 8.99. The number of hydrogen-bond acceptors (Lipinski definition) is 4. The van der Waals surface area contributed by atoms with Gasteiger partial charge in [0.15, 0.2) is 5.96 Å². The number of hydrogen-bond donors (Lipinski definition) is 2. The van der Waals surface area contributed by atoms with Crippen molar-refractivity contribution in [2.24, 2.45) is 4.99 Å². The summed E-state index contributed by atoms with van der Waals surface area (Å²) < 4.78 is 11.4. The third kappa shape index (κ3) is 5.74. The zero-order valence-corrected chi connectivity index (χ0v) is 17.8. The summed E-state index contributed by atoms with van der Waals surface area (Å²) in [5, 5.41) is 6.76. The molecular weight excluding hydrogens is 376 g/mol. The van der Waals surface area contributed by atoms with Crippen molar-refractivity contribution in [2.75, 3.05) is 39.4 Å². The molecule has 0 radical (unpaired) electrons. The smallest absolute Gasteiger partial charge is 0.191 e. The Balaban J connectivity index is 1.27. The van der Waals surface area contributed by atoms with Gasteiger partial charge in [0.25, 0.3) is 0 Å². The lowest BCUT2D eigenvalue weighted by molar-refractivity contribution is 0.0342. The lowest BCUT2D eigenvalue weighted by Gasteiger charge is -2.26. The van der Waals surface area contributed by atoms with Crippen molar-refractivity contribution in [1.29, 1.82) is 0 Å². The highest BCUT2D eigenvalue weighted by Gasteiger charge is 2.22. The van der Waals surface area contributed by atoms with Crippen molar-refractivity contribution >= 4 is 5.96 Å². The molecule has 0 aromatic heterocycles. The van der Waals surface area contributed by atoms with Crippen LogP contribution in [0.15, 0.2) is 53.5 Å². The molecule has 2 aliphatic heterocycles. The van der Waals surface area contributed by atoms with Gasteiger partial charge in [-0.1, -0.05) is 42.5 Å². The van der Waals surface area contributed by atoms with Crippen LogP contribution in [-0.4, -0.2) is 56.4 Å². The summed E-state index contributed by atoms with van der Waals surface area (Å²) in [4.78, 5) is 7.19. The quantitative estimate of drug-likeness (QED) is 0.545. The standard InChI is InChI=1S/C24H32N4O2/c1-2-25-24(27-17-22-15-21-5-3-4-6-23(21)30-22)26-16-19-7-9-20(10-8-19)18-28-11-13-29-14-12-28/h3-10,22H,2,11-18H2,1H3,(H2,25,26,27). The zero-order valence-electron chi connectivity index (χ0n) is 17.8. The monoisotopic (exact) mass is 408 g/mol. The SMILES string of the molecule is CCNC(=NCc1ccc(CN2CCOCC2)cc1)NCC1Cc2ccccc2O1. The maximum atomic E-state index is 6.02. The van der Waals surface area contributed by atoms with Crippen LogP contribution in [0.5, 0.6) is 5.75 Å². The lowest BCUT2D eigenvalue weighted by Crippen LogP contribution is -2.42. The first-order valence-corrected chi connectivity index (χ1v) is 10.9. The molecular formula is C24H32N4O2. The Morgan fingerprint density at radius 2 is 1.80 bits per heavy atom. The van der Waals surface area contributed by atoms with Crippen LogP contribution in [0.2, 0.25) is 0 Å². The van der Waals surface area contributed by atoms with E-state index in [1.807, 2.05) is 12.1 Å². The molecule has 2 aliphatic rings. The highest BCUT2D eigenvalue weighted by molar-refractivity contribution is 5.79. The highest BCUT2D eigenvalue weighted by atomic mass is 16.5. The topological polar surface area (TPSA) is 58.1 Å². The molecule has 6 nitrogen and oxygen atoms in total. The van der Waals surface area contributed by atoms with Crippen LogP contribution in [0, 0.1) is 0 Å². The second-order valence-electron chi connectivity index (χ2n) is 7.83. The van der Waals surface area contributed by atoms with E-state index in [2.05, 4.69) is 58.9 Å². The van der Waals surface area contributed by atoms with Gasteiger partial charge >= 0.3 is 0 Å². The number of rotatable bonds is 7. The van der Waals surface area contributed by atoms with E-state index < -0.39 is 0 Å². The van der Waals surface area contributed by atoms with Gasteiger partial charge in [-0.2, -0.15) is 0 Å². The number of benzene rings is 2. The van der Waals surface area contributed by atoms with Crippen LogP contribution >= 0.6 is 0 Å². The Hall–Kier alpha value is -2.57. The van der Waals surface area contributed by atoms with Crippen molar-refractivity contribution in [1.82, 2.24) is 15.5 Å². The summed E-state index contributed by atoms with van der Waals surface area (Å²) in [6.07, 6.45) is 1.08. The molecule has 2 heterocycles. The Bertz CT molecular complexity index is 806. The molecule has 0 aliphatic carbocycles. The van der Waals surface area contributed by atoms with E-state index in [-0.39, 0.29) is 6.10 Å². The fourth-order valence-electron chi connectivity index (χ4n) is 3.86. The lowest BCUT2D eigenvalue weighted by atomic mass is 10.1. The van der Waals surface area contributed by atoms with Gasteiger partial charge in [0.2, 0.25) is 0 Å². The van der Waals surface area contributed by atoms with Gasteiger partial charge in [-0.3, -0.25) is 4.90 Å². The zero-order chi connectivity index (χ0) is 20.6. The van der Waals surface area contributed by atoms with Crippen molar-refractivity contribution in [2.45, 2.75) is 32.5 Å². The molecule has 2 aromatic rings. The van der Waals surface area contributed by atoms with Crippen molar-refractivity contribution in [3.8, 4) is 5.75 Å². The highest BCUT2D eigenvalue weighted by Crippen LogP contribution is 2.27. The molecule has 1 atom stereocenters. The van der Waals surface area contributed by atoms with Gasteiger partial charge in [0, 0.05) is 32.6 Å². The summed E-state index contributed by atoms with van der Waals surface area (Å²) >= 11 is 0. The Morgan fingerprint density at radius 1 is 1.03 bits per heavy atom. The van der Waals surface area contributed by atoms with Crippen LogP contribution < -0.4 is 15.4 Å². The van der Waals surface area contributed by atoms with E-state index in [1.165, 1.54) is 16.7 Å². The van der Waals surface area contributed by atoms with Gasteiger partial charge in [0.1, 0.15) is 11.9 Å². The van der Waals surface area contributed by atoms with Crippen molar-refractivity contribution in [3.63, 3.8) is 0 Å². The van der Waals surface area contributed by atoms with Crippen LogP contribution in [0.25, 0.3) is 0 Å². The minimum atomic E-state index is 0.144. The summed E-state index contributed by atoms with van der Waals surface area (Å²) in [7, 11) is 0. The molecule has 0 spiro atoms. The molecule has 2 aromatic carbocycles. The summed E-state index contributed by atoms with van der Waals surface area (Å²) in [5.41, 5.74) is 3.83. The molecule has 1 saturated heterocycles. The Morgan fingerprint density at radius 3 is 2.57 bits per heavy atom. The van der Waals surface area contributed by atoms with Crippen LogP contribution in [0.4, 0.5) is 0 Å². The van der Waals surface area contributed by atoms with E-state index in [0.717, 1.165) is 64.1 Å². The van der Waals surface area contributed by atoms with Crippen molar-refractivity contribution < 1.29 is 9.47 Å². The minimum absolute atomic E-state index is 0.144. The predicted octanol–water partition coefficient (Wildman–Crippen LogP) is 2.58. The second kappa shape index (κ2) is 10.5. The van der Waals surface area contributed by atoms with E-state index in [9.17, 15) is 0 Å². The van der Waals surface area contributed by atoms with Crippen LogP contribution in [0.3, 0.4) is 0 Å². The van der Waals surface area contributed by atoms with Crippen molar-refractivity contribution in [3.05, 3.63) is 65.2 Å². The minimum Gasteiger partial charge on any atom is -0.488 e. The molecule has 1 fully saturated rings. The number of guanidine groups is 1. The second-order valence-corrected chi connectivity index (χ2v) is 7.83. The largest absolute Gasteiger partial charge is 0.488 e. The summed E-state index contributed by atoms with van der Waals surface area (Å²) in [6, 6.07) is 17.0. The number of para-hydroxylation sites is 1. The van der Waals surface area contributed by atoms with E-state index >= 15 is 0 Å². The molecule has 0 saturated carbocycles. The Labute approximate surface area is 179 Å². The molecule has 1 unspecified atom stereocenters. The first-order chi connectivity index (χ1) is 14.8. The fraction of sp³-hybridized carbons (Fsp3) is 0.458. The Kier molecular flexibility index (Phi) is 7.21. The summed E-state index contributed by atoms with van der Waals surface area (Å²) in [5.74, 6) is 1.83. The normalized spacial score (nSPS) is 19.2. The van der Waals surface area contributed by atoms with E-state index in [1.54, 1.807) is 0 Å². The number of nitrogens with zero attached hydrogens (tertiary/aromatic N) is 2. The molecule has 2 N–H and O–H groups in total. The van der Waals surface area contributed by atoms with Gasteiger partial charge < -0.3 is 20.1 Å². The number of morpholine rings is 1. The van der Waals surface area contributed by atoms with Crippen LogP contribution in [0.1, 0.15) is 23.6 Å². The molecule has 0 bridgehead atoms. The molecule has 30 heavy (non-hydrogen) atoms. The van der Waals surface area contributed by atoms with Gasteiger partial charge in [-0.15, -0.1) is 0 Å². The first-order valence-electron chi connectivity index (χ1n) is 10.9. The van der Waals surface area contributed by atoms with Gasteiger partial charge in [-0.25, -0.2) is 4.99 Å². The van der Waals surface area contributed by atoms with E-state index in [4.69, 9.17) is 14.5 Å². The maximum Gasteiger partial charge on any atom is 0.191 e. The van der Waals surface area contributed by atoms with Crippen LogP contribution in [-0.2, 0) is 24.2 Å². The van der Waals surface area contributed by atoms with Gasteiger partial charge in [0.05, 0.1) is 26.3 Å². The number of ether oxygens (including phenoxy) is 2. The first kappa shape index (κ1) is 20.7. The number of aliphatic imine (C=N–C) groups is 1. The van der Waals surface area contributed by atoms with E-state index in [0.29, 0.717) is 6.54 Å². The average Bonchev–Trinajstić information content (AvgIpc) is 3.20.